The van der Waals surface area contributed by atoms with Crippen LogP contribution in [0.1, 0.15) is 78.9 Å². The van der Waals surface area contributed by atoms with Crippen LogP contribution in [-0.4, -0.2) is 75.4 Å². The highest BCUT2D eigenvalue weighted by Gasteiger charge is 2.37. The van der Waals surface area contributed by atoms with Crippen molar-refractivity contribution < 1.29 is 22.7 Å². The number of morpholine rings is 1. The number of hydrogen-bond donors (Lipinski definition) is 1. The third-order valence-corrected chi connectivity index (χ3v) is 9.53. The summed E-state index contributed by atoms with van der Waals surface area (Å²) in [6.07, 6.45) is 3.20. The summed E-state index contributed by atoms with van der Waals surface area (Å²) in [5, 5.41) is 7.17. The van der Waals surface area contributed by atoms with Crippen LogP contribution in [0.5, 0.6) is 0 Å². The van der Waals surface area contributed by atoms with E-state index in [-0.39, 0.29) is 33.6 Å². The highest BCUT2D eigenvalue weighted by Crippen LogP contribution is 2.35. The van der Waals surface area contributed by atoms with E-state index in [1.807, 2.05) is 20.8 Å². The van der Waals surface area contributed by atoms with Gasteiger partial charge in [-0.3, -0.25) is 9.59 Å². The molecule has 3 aromatic rings. The predicted molar refractivity (Wildman–Crippen MR) is 152 cm³/mol. The van der Waals surface area contributed by atoms with Crippen molar-refractivity contribution in [2.24, 2.45) is 0 Å². The van der Waals surface area contributed by atoms with Gasteiger partial charge in [0.25, 0.3) is 11.8 Å². The molecular formula is C28H33ClN6O5S. The average molecular weight is 601 g/mol. The molecule has 0 unspecified atom stereocenters. The van der Waals surface area contributed by atoms with Gasteiger partial charge in [-0.1, -0.05) is 18.5 Å². The third kappa shape index (κ3) is 6.29. The van der Waals surface area contributed by atoms with E-state index >= 15 is 0 Å². The van der Waals surface area contributed by atoms with Crippen LogP contribution < -0.4 is 5.32 Å². The largest absolute Gasteiger partial charge is 0.372 e. The normalized spacial score (nSPS) is 20.1. The van der Waals surface area contributed by atoms with Crippen LogP contribution in [0.4, 0.5) is 0 Å². The fourth-order valence-electron chi connectivity index (χ4n) is 4.90. The topological polar surface area (TPSA) is 136 Å². The van der Waals surface area contributed by atoms with Gasteiger partial charge in [-0.15, -0.1) is 5.10 Å². The molecule has 1 saturated carbocycles. The molecule has 0 radical (unpaired) electrons. The van der Waals surface area contributed by atoms with Crippen LogP contribution in [0, 0.1) is 0 Å². The molecule has 2 aromatic heterocycles. The first-order valence-electron chi connectivity index (χ1n) is 13.7. The van der Waals surface area contributed by atoms with Gasteiger partial charge in [0.2, 0.25) is 0 Å². The Balaban J connectivity index is 1.36. The molecule has 2 aliphatic rings. The van der Waals surface area contributed by atoms with E-state index in [1.165, 1.54) is 29.1 Å². The minimum absolute atomic E-state index is 0.0431. The smallest absolute Gasteiger partial charge is 0.255 e. The van der Waals surface area contributed by atoms with Crippen LogP contribution in [0.3, 0.4) is 0 Å². The number of amides is 2. The maximum absolute atomic E-state index is 13.2. The number of nitrogens with zero attached hydrogens (tertiary/aromatic N) is 5. The van der Waals surface area contributed by atoms with Gasteiger partial charge in [-0.25, -0.2) is 18.4 Å². The number of pyridine rings is 1. The molecule has 3 atom stereocenters. The Morgan fingerprint density at radius 1 is 1.12 bits per heavy atom. The molecule has 1 saturated heterocycles. The van der Waals surface area contributed by atoms with Crippen molar-refractivity contribution in [2.45, 2.75) is 75.4 Å². The van der Waals surface area contributed by atoms with E-state index < -0.39 is 27.0 Å². The Morgan fingerprint density at radius 3 is 2.44 bits per heavy atom. The SMILES string of the molecule is CCc1nc([C@H](C)NC(=O)c2cc(Cl)cc(S(=O)(=O)C3CC3)c2)n(-c2ccc(C(=O)N3C[C@@H](C)O[C@@H](C)C3)cn2)n1. The van der Waals surface area contributed by atoms with E-state index in [0.717, 1.165) is 0 Å². The first-order valence-corrected chi connectivity index (χ1v) is 15.6. The summed E-state index contributed by atoms with van der Waals surface area (Å²) >= 11 is 6.19. The number of aromatic nitrogens is 4. The molecule has 218 valence electrons. The molecule has 3 heterocycles. The molecule has 1 N–H and O–H groups in total. The predicted octanol–water partition coefficient (Wildman–Crippen LogP) is 3.55. The van der Waals surface area contributed by atoms with Gasteiger partial charge in [-0.2, -0.15) is 4.68 Å². The minimum atomic E-state index is -3.52. The van der Waals surface area contributed by atoms with E-state index in [9.17, 15) is 18.0 Å². The van der Waals surface area contributed by atoms with E-state index in [1.54, 1.807) is 24.0 Å². The molecule has 1 aliphatic heterocycles. The van der Waals surface area contributed by atoms with Crippen molar-refractivity contribution in [3.05, 3.63) is 64.3 Å². The van der Waals surface area contributed by atoms with Gasteiger partial charge in [0.1, 0.15) is 0 Å². The molecule has 41 heavy (non-hydrogen) atoms. The van der Waals surface area contributed by atoms with Crippen molar-refractivity contribution in [3.63, 3.8) is 0 Å². The molecular weight excluding hydrogens is 568 g/mol. The maximum atomic E-state index is 13.2. The zero-order valence-corrected chi connectivity index (χ0v) is 24.9. The number of aryl methyl sites for hydroxylation is 1. The lowest BCUT2D eigenvalue weighted by Gasteiger charge is -2.35. The number of benzene rings is 1. The van der Waals surface area contributed by atoms with Gasteiger partial charge >= 0.3 is 0 Å². The standard InChI is InChI=1S/C28H33ClN6O5S/c1-5-24-32-26(18(4)31-27(36)20-10-21(29)12-23(11-20)41(38,39)22-7-8-22)35(33-24)25-9-6-19(13-30-25)28(37)34-14-16(2)40-17(3)15-34/h6,9-13,16-18,22H,5,7-8,14-15H2,1-4H3,(H,31,36)/t16-,17+,18-/m0/s1. The summed E-state index contributed by atoms with van der Waals surface area (Å²) in [6, 6.07) is 6.95. The van der Waals surface area contributed by atoms with Crippen molar-refractivity contribution in [3.8, 4) is 5.82 Å². The Kier molecular flexibility index (Phi) is 8.18. The highest BCUT2D eigenvalue weighted by atomic mass is 35.5. The number of halogens is 1. The lowest BCUT2D eigenvalue weighted by Crippen LogP contribution is -2.48. The van der Waals surface area contributed by atoms with E-state index in [2.05, 4.69) is 20.4 Å². The summed E-state index contributed by atoms with van der Waals surface area (Å²) in [6.45, 7) is 8.57. The van der Waals surface area contributed by atoms with Gasteiger partial charge in [0.05, 0.1) is 34.0 Å². The summed E-state index contributed by atoms with van der Waals surface area (Å²) in [4.78, 5) is 37.2. The van der Waals surface area contributed by atoms with Crippen molar-refractivity contribution in [1.82, 2.24) is 30.0 Å². The monoisotopic (exact) mass is 600 g/mol. The zero-order chi connectivity index (χ0) is 29.5. The number of hydrogen-bond acceptors (Lipinski definition) is 8. The average Bonchev–Trinajstić information content (AvgIpc) is 3.71. The molecule has 5 rings (SSSR count). The second-order valence-corrected chi connectivity index (χ2v) is 13.3. The molecule has 13 heteroatoms. The maximum Gasteiger partial charge on any atom is 0.255 e. The first-order chi connectivity index (χ1) is 19.5. The van der Waals surface area contributed by atoms with Crippen LogP contribution in [0.2, 0.25) is 5.02 Å². The number of sulfone groups is 1. The van der Waals surface area contributed by atoms with Crippen molar-refractivity contribution in [1.29, 1.82) is 0 Å². The quantitative estimate of drug-likeness (QED) is 0.414. The van der Waals surface area contributed by atoms with Gasteiger partial charge in [-0.05, 0) is 63.9 Å². The lowest BCUT2D eigenvalue weighted by molar-refractivity contribution is -0.0586. The summed E-state index contributed by atoms with van der Waals surface area (Å²) in [7, 11) is -3.52. The summed E-state index contributed by atoms with van der Waals surface area (Å²) < 4.78 is 32.7. The van der Waals surface area contributed by atoms with Crippen molar-refractivity contribution in [2.75, 3.05) is 13.1 Å². The summed E-state index contributed by atoms with van der Waals surface area (Å²) in [5.41, 5.74) is 0.588. The number of nitrogens with one attached hydrogen (secondary N) is 1. The summed E-state index contributed by atoms with van der Waals surface area (Å²) in [5.74, 6) is 0.812. The Bertz CT molecular complexity index is 1560. The van der Waals surface area contributed by atoms with Crippen LogP contribution in [-0.2, 0) is 21.0 Å². The second-order valence-electron chi connectivity index (χ2n) is 10.6. The minimum Gasteiger partial charge on any atom is -0.372 e. The Morgan fingerprint density at radius 2 is 1.83 bits per heavy atom. The molecule has 2 amide bonds. The number of ether oxygens (including phenoxy) is 1. The van der Waals surface area contributed by atoms with Crippen LogP contribution >= 0.6 is 11.6 Å². The lowest BCUT2D eigenvalue weighted by atomic mass is 10.2. The Labute approximate surface area is 244 Å². The van der Waals surface area contributed by atoms with Gasteiger partial charge in [0.15, 0.2) is 27.3 Å². The Hall–Kier alpha value is -3.35. The molecule has 0 spiro atoms. The zero-order valence-electron chi connectivity index (χ0n) is 23.4. The molecule has 1 aliphatic carbocycles. The molecule has 1 aromatic carbocycles. The fraction of sp³-hybridized carbons (Fsp3) is 0.464. The van der Waals surface area contributed by atoms with Crippen molar-refractivity contribution >= 4 is 33.3 Å². The second kappa shape index (κ2) is 11.5. The number of rotatable bonds is 8. The van der Waals surface area contributed by atoms with Gasteiger partial charge in [0, 0.05) is 36.3 Å². The molecule has 2 fully saturated rings. The number of carbonyl (C=O) groups excluding carboxylic acids is 2. The number of carbonyl (C=O) groups is 2. The van der Waals surface area contributed by atoms with E-state index in [0.29, 0.717) is 55.4 Å². The first kappa shape index (κ1) is 29.2. The fourth-order valence-corrected chi connectivity index (χ4v) is 6.93. The molecule has 0 bridgehead atoms. The van der Waals surface area contributed by atoms with E-state index in [4.69, 9.17) is 16.3 Å². The highest BCUT2D eigenvalue weighted by molar-refractivity contribution is 7.92. The third-order valence-electron chi connectivity index (χ3n) is 7.07. The van der Waals surface area contributed by atoms with Gasteiger partial charge < -0.3 is 15.0 Å². The van der Waals surface area contributed by atoms with Crippen LogP contribution in [0.15, 0.2) is 41.4 Å². The molecule has 11 nitrogen and oxygen atoms in total. The van der Waals surface area contributed by atoms with Crippen LogP contribution in [0.25, 0.3) is 5.82 Å².